The first-order chi connectivity index (χ1) is 15.9. The molecule has 0 radical (unpaired) electrons. The fourth-order valence-corrected chi connectivity index (χ4v) is 3.32. The Balaban J connectivity index is 1.79. The number of nitrogens with zero attached hydrogens (tertiary/aromatic N) is 5. The molecule has 0 aliphatic carbocycles. The zero-order valence-corrected chi connectivity index (χ0v) is 14.2. The number of aromatic amines is 1. The molecule has 1 N–H and O–H groups in total. The average molecular weight is 388 g/mol. The Labute approximate surface area is 166 Å². The lowest BCUT2D eigenvalue weighted by Crippen LogP contribution is -2.36. The molecule has 0 amide bonds. The Morgan fingerprint density at radius 3 is 2.93 bits per heavy atom. The maximum atomic E-state index is 14.6. The van der Waals surface area contributed by atoms with Crippen molar-refractivity contribution in [2.24, 2.45) is 0 Å². The van der Waals surface area contributed by atoms with E-state index >= 15 is 0 Å². The second-order valence-electron chi connectivity index (χ2n) is 6.40. The van der Waals surface area contributed by atoms with Crippen molar-refractivity contribution in [3.05, 3.63) is 48.1 Å². The molecule has 4 aromatic heterocycles. The molecule has 4 aromatic rings. The molecule has 28 heavy (non-hydrogen) atoms. The molecular weight excluding hydrogens is 366 g/mol. The van der Waals surface area contributed by atoms with E-state index in [9.17, 15) is 8.78 Å². The van der Waals surface area contributed by atoms with Gasteiger partial charge in [0, 0.05) is 25.5 Å². The summed E-state index contributed by atoms with van der Waals surface area (Å²) in [4.78, 5) is 8.11. The van der Waals surface area contributed by atoms with Crippen molar-refractivity contribution in [3.8, 4) is 22.5 Å². The van der Waals surface area contributed by atoms with E-state index in [1.165, 1.54) is 23.0 Å². The van der Waals surface area contributed by atoms with Crippen molar-refractivity contribution in [1.82, 2.24) is 29.9 Å². The van der Waals surface area contributed by atoms with E-state index in [0.29, 0.717) is 16.8 Å². The summed E-state index contributed by atoms with van der Waals surface area (Å²) in [7, 11) is 0. The summed E-state index contributed by atoms with van der Waals surface area (Å²) in [6, 6.07) is 4.04. The van der Waals surface area contributed by atoms with Crippen molar-refractivity contribution in [2.45, 2.75) is 32.5 Å². The van der Waals surface area contributed by atoms with E-state index in [2.05, 4.69) is 25.3 Å². The van der Waals surface area contributed by atoms with Crippen LogP contribution in [0.15, 0.2) is 30.6 Å². The van der Waals surface area contributed by atoms with Crippen LogP contribution in [-0.4, -0.2) is 35.5 Å². The van der Waals surface area contributed by atoms with Crippen LogP contribution in [0.2, 0.25) is 0 Å². The monoisotopic (exact) mass is 388 g/mol. The normalized spacial score (nSPS) is 19.8. The number of halogens is 2. The molecule has 1 aliphatic rings. The first-order valence-corrected chi connectivity index (χ1v) is 8.27. The summed E-state index contributed by atoms with van der Waals surface area (Å²) in [6.45, 7) is -7.07. The van der Waals surface area contributed by atoms with Crippen molar-refractivity contribution in [3.63, 3.8) is 0 Å². The number of rotatable bonds is 2. The van der Waals surface area contributed by atoms with Gasteiger partial charge in [0.05, 0.1) is 41.7 Å². The molecule has 5 rings (SSSR count). The lowest BCUT2D eigenvalue weighted by Gasteiger charge is -2.31. The van der Waals surface area contributed by atoms with E-state index in [1.807, 2.05) is 0 Å². The van der Waals surface area contributed by atoms with E-state index in [0.717, 1.165) is 12.3 Å². The maximum Gasteiger partial charge on any atom is 0.242 e. The van der Waals surface area contributed by atoms with Crippen molar-refractivity contribution in [1.29, 1.82) is 0 Å². The molecule has 0 bridgehead atoms. The Bertz CT molecular complexity index is 1380. The highest BCUT2D eigenvalue weighted by Gasteiger charge is 2.32. The van der Waals surface area contributed by atoms with Crippen LogP contribution in [0.5, 0.6) is 0 Å². The summed E-state index contributed by atoms with van der Waals surface area (Å²) in [6.07, 6.45) is 2.39. The van der Waals surface area contributed by atoms with Crippen LogP contribution < -0.4 is 0 Å². The Morgan fingerprint density at radius 1 is 1.25 bits per heavy atom. The van der Waals surface area contributed by atoms with Crippen LogP contribution in [0.4, 0.5) is 8.78 Å². The average Bonchev–Trinajstić information content (AvgIpc) is 3.33. The molecular formula is C19H16F2N6O. The molecule has 0 atom stereocenters. The summed E-state index contributed by atoms with van der Waals surface area (Å²) in [5, 5.41) is 10.5. The minimum atomic E-state index is -3.00. The standard InChI is InChI=1S/C19H16F2N6O/c1-19(2)9-27-13(8-28-19)14(16(26-27)12-4-3-10(20)7-23-12)11-5-6-22-18-15(11)17(21)24-25-18/h3-7H,8-9H2,1-2H3,(H,22,24,25)/i1D3,2D3. The van der Waals surface area contributed by atoms with E-state index in [1.54, 1.807) is 0 Å². The fraction of sp³-hybridized carbons (Fsp3) is 0.263. The van der Waals surface area contributed by atoms with Gasteiger partial charge in [0.2, 0.25) is 5.95 Å². The van der Waals surface area contributed by atoms with E-state index < -0.39 is 44.2 Å². The zero-order chi connectivity index (χ0) is 24.5. The lowest BCUT2D eigenvalue weighted by atomic mass is 9.98. The molecule has 1 aliphatic heterocycles. The number of pyridine rings is 2. The summed E-state index contributed by atoms with van der Waals surface area (Å²) < 4.78 is 82.2. The molecule has 0 unspecified atom stereocenters. The predicted octanol–water partition coefficient (Wildman–Crippen LogP) is 3.47. The van der Waals surface area contributed by atoms with Crippen molar-refractivity contribution >= 4 is 11.0 Å². The Kier molecular flexibility index (Phi) is 2.44. The number of nitrogens with one attached hydrogen (secondary N) is 1. The number of hydrogen-bond acceptors (Lipinski definition) is 5. The van der Waals surface area contributed by atoms with E-state index in [4.69, 9.17) is 13.0 Å². The van der Waals surface area contributed by atoms with Crippen LogP contribution >= 0.6 is 0 Å². The number of ether oxygens (including phenoxy) is 1. The SMILES string of the molecule is [2H]C([2H])([2H])C1(C([2H])([2H])[2H])Cn2nc(-c3ccc(F)cn3)c(-c3ccnc4[nH]nc(F)c34)c2CO1. The minimum absolute atomic E-state index is 0.0464. The molecule has 0 saturated carbocycles. The Morgan fingerprint density at radius 2 is 2.14 bits per heavy atom. The van der Waals surface area contributed by atoms with Crippen LogP contribution in [0.3, 0.4) is 0 Å². The largest absolute Gasteiger partial charge is 0.367 e. The quantitative estimate of drug-likeness (QED) is 0.569. The van der Waals surface area contributed by atoms with Gasteiger partial charge in [-0.2, -0.15) is 9.49 Å². The highest BCUT2D eigenvalue weighted by molar-refractivity contribution is 5.97. The first kappa shape index (κ1) is 11.6. The first-order valence-electron chi connectivity index (χ1n) is 11.3. The van der Waals surface area contributed by atoms with Crippen molar-refractivity contribution in [2.75, 3.05) is 0 Å². The number of hydrogen-bond donors (Lipinski definition) is 1. The van der Waals surface area contributed by atoms with Gasteiger partial charge in [-0.15, -0.1) is 5.10 Å². The minimum Gasteiger partial charge on any atom is -0.367 e. The molecule has 5 heterocycles. The van der Waals surface area contributed by atoms with Crippen LogP contribution in [0.1, 0.15) is 27.6 Å². The van der Waals surface area contributed by atoms with Gasteiger partial charge >= 0.3 is 0 Å². The van der Waals surface area contributed by atoms with Gasteiger partial charge in [-0.3, -0.25) is 14.8 Å². The third-order valence-corrected chi connectivity index (χ3v) is 4.54. The molecule has 142 valence electrons. The second kappa shape index (κ2) is 5.90. The van der Waals surface area contributed by atoms with Crippen LogP contribution in [0, 0.1) is 11.8 Å². The summed E-state index contributed by atoms with van der Waals surface area (Å²) in [5.41, 5.74) is -1.06. The molecule has 0 spiro atoms. The highest BCUT2D eigenvalue weighted by Crippen LogP contribution is 2.40. The van der Waals surface area contributed by atoms with E-state index in [-0.39, 0.29) is 22.4 Å². The van der Waals surface area contributed by atoms with Gasteiger partial charge in [0.1, 0.15) is 11.5 Å². The molecule has 0 aromatic carbocycles. The topological polar surface area (TPSA) is 81.5 Å². The van der Waals surface area contributed by atoms with Gasteiger partial charge in [-0.25, -0.2) is 9.37 Å². The van der Waals surface area contributed by atoms with Crippen LogP contribution in [0.25, 0.3) is 33.5 Å². The zero-order valence-electron chi connectivity index (χ0n) is 20.2. The Hall–Kier alpha value is -3.20. The summed E-state index contributed by atoms with van der Waals surface area (Å²) >= 11 is 0. The molecule has 7 nitrogen and oxygen atoms in total. The number of H-pyrrole nitrogens is 1. The van der Waals surface area contributed by atoms with Gasteiger partial charge < -0.3 is 4.74 Å². The maximum absolute atomic E-state index is 14.6. The van der Waals surface area contributed by atoms with Gasteiger partial charge in [-0.1, -0.05) is 0 Å². The van der Waals surface area contributed by atoms with Crippen LogP contribution in [-0.2, 0) is 17.9 Å². The van der Waals surface area contributed by atoms with Crippen molar-refractivity contribution < 1.29 is 21.7 Å². The summed E-state index contributed by atoms with van der Waals surface area (Å²) in [5.74, 6) is -1.42. The number of aromatic nitrogens is 6. The third kappa shape index (κ3) is 2.58. The third-order valence-electron chi connectivity index (χ3n) is 4.54. The smallest absolute Gasteiger partial charge is 0.242 e. The predicted molar refractivity (Wildman–Crippen MR) is 97.1 cm³/mol. The van der Waals surface area contributed by atoms with Gasteiger partial charge in [-0.05, 0) is 31.9 Å². The molecule has 9 heteroatoms. The molecule has 0 fully saturated rings. The van der Waals surface area contributed by atoms with Gasteiger partial charge in [0.25, 0.3) is 0 Å². The van der Waals surface area contributed by atoms with Gasteiger partial charge in [0.15, 0.2) is 5.65 Å². The molecule has 0 saturated heterocycles. The second-order valence-corrected chi connectivity index (χ2v) is 6.40. The number of fused-ring (bicyclic) bond motifs is 2. The fourth-order valence-electron chi connectivity index (χ4n) is 3.32. The lowest BCUT2D eigenvalue weighted by molar-refractivity contribution is -0.0657. The highest BCUT2D eigenvalue weighted by atomic mass is 19.1.